The van der Waals surface area contributed by atoms with Crippen LogP contribution in [0, 0.1) is 5.82 Å². The average Bonchev–Trinajstić information content (AvgIpc) is 3.06. The molecule has 5 heteroatoms. The number of benzene rings is 1. The van der Waals surface area contributed by atoms with E-state index >= 15 is 0 Å². The van der Waals surface area contributed by atoms with Gasteiger partial charge in [0.25, 0.3) is 0 Å². The van der Waals surface area contributed by atoms with Gasteiger partial charge < -0.3 is 4.90 Å². The van der Waals surface area contributed by atoms with Crippen LogP contribution in [0.2, 0.25) is 0 Å². The number of hydrogen-bond acceptors (Lipinski definition) is 3. The van der Waals surface area contributed by atoms with Crippen LogP contribution in [0.1, 0.15) is 30.3 Å². The lowest BCUT2D eigenvalue weighted by Crippen LogP contribution is -2.39. The van der Waals surface area contributed by atoms with Gasteiger partial charge in [-0.1, -0.05) is 25.1 Å². The number of thiophene rings is 1. The van der Waals surface area contributed by atoms with Crippen molar-refractivity contribution < 1.29 is 9.18 Å². The van der Waals surface area contributed by atoms with Crippen molar-refractivity contribution in [3.8, 4) is 0 Å². The lowest BCUT2D eigenvalue weighted by Gasteiger charge is -2.28. The molecule has 3 nitrogen and oxygen atoms in total. The zero-order valence-electron chi connectivity index (χ0n) is 13.8. The Morgan fingerprint density at radius 1 is 1.26 bits per heavy atom. The van der Waals surface area contributed by atoms with E-state index in [-0.39, 0.29) is 17.8 Å². The fourth-order valence-electron chi connectivity index (χ4n) is 2.39. The molecule has 2 aromatic rings. The molecule has 0 saturated carbocycles. The number of hydrogen-bond donors (Lipinski definition) is 0. The maximum atomic E-state index is 13.0. The van der Waals surface area contributed by atoms with Crippen molar-refractivity contribution in [3.63, 3.8) is 0 Å². The van der Waals surface area contributed by atoms with Gasteiger partial charge in [-0.05, 0) is 42.6 Å². The van der Waals surface area contributed by atoms with E-state index in [9.17, 15) is 9.18 Å². The molecule has 0 aliphatic rings. The molecular formula is C18H23FN2OS. The van der Waals surface area contributed by atoms with Gasteiger partial charge in [0.1, 0.15) is 5.82 Å². The molecule has 23 heavy (non-hydrogen) atoms. The van der Waals surface area contributed by atoms with Crippen LogP contribution >= 0.6 is 11.3 Å². The number of halogens is 1. The lowest BCUT2D eigenvalue weighted by atomic mass is 10.1. The molecule has 124 valence electrons. The van der Waals surface area contributed by atoms with Gasteiger partial charge in [-0.2, -0.15) is 0 Å². The second-order valence-electron chi connectivity index (χ2n) is 5.61. The Balaban J connectivity index is 1.96. The van der Waals surface area contributed by atoms with Gasteiger partial charge in [0, 0.05) is 18.5 Å². The second kappa shape index (κ2) is 8.22. The molecule has 0 spiro atoms. The molecule has 0 saturated heterocycles. The van der Waals surface area contributed by atoms with Crippen LogP contribution in [0.3, 0.4) is 0 Å². The molecule has 0 fully saturated rings. The van der Waals surface area contributed by atoms with Gasteiger partial charge in [0.05, 0.1) is 12.6 Å². The SMILES string of the molecule is CCN(CC(=O)N(C)C(C)c1ccc(F)cc1)Cc1cccs1. The molecule has 0 bridgehead atoms. The van der Waals surface area contributed by atoms with E-state index in [4.69, 9.17) is 0 Å². The Morgan fingerprint density at radius 2 is 1.96 bits per heavy atom. The third-order valence-electron chi connectivity index (χ3n) is 4.09. The Morgan fingerprint density at radius 3 is 2.52 bits per heavy atom. The molecular weight excluding hydrogens is 311 g/mol. The minimum Gasteiger partial charge on any atom is -0.338 e. The number of carbonyl (C=O) groups excluding carboxylic acids is 1. The third kappa shape index (κ3) is 4.88. The summed E-state index contributed by atoms with van der Waals surface area (Å²) in [6.07, 6.45) is 0. The van der Waals surface area contributed by atoms with Crippen LogP contribution in [0.4, 0.5) is 4.39 Å². The summed E-state index contributed by atoms with van der Waals surface area (Å²) >= 11 is 1.70. The zero-order valence-corrected chi connectivity index (χ0v) is 14.6. The van der Waals surface area contributed by atoms with Gasteiger partial charge in [-0.15, -0.1) is 11.3 Å². The standard InChI is InChI=1S/C18H23FN2OS/c1-4-21(12-17-6-5-11-23-17)13-18(22)20(3)14(2)15-7-9-16(19)10-8-15/h5-11,14H,4,12-13H2,1-3H3. The fraction of sp³-hybridized carbons (Fsp3) is 0.389. The highest BCUT2D eigenvalue weighted by molar-refractivity contribution is 7.09. The molecule has 0 radical (unpaired) electrons. The molecule has 0 aliphatic carbocycles. The molecule has 1 unspecified atom stereocenters. The van der Waals surface area contributed by atoms with Crippen molar-refractivity contribution in [2.75, 3.05) is 20.1 Å². The van der Waals surface area contributed by atoms with E-state index in [2.05, 4.69) is 17.9 Å². The van der Waals surface area contributed by atoms with Crippen LogP contribution in [0.25, 0.3) is 0 Å². The van der Waals surface area contributed by atoms with Gasteiger partial charge in [0.2, 0.25) is 5.91 Å². The summed E-state index contributed by atoms with van der Waals surface area (Å²) in [5, 5.41) is 2.05. The number of likely N-dealkylation sites (N-methyl/N-ethyl adjacent to an activating group) is 2. The normalized spacial score (nSPS) is 12.4. The summed E-state index contributed by atoms with van der Waals surface area (Å²) in [5.74, 6) is -0.191. The van der Waals surface area contributed by atoms with Crippen molar-refractivity contribution in [2.45, 2.75) is 26.4 Å². The van der Waals surface area contributed by atoms with Crippen molar-refractivity contribution in [1.29, 1.82) is 0 Å². The van der Waals surface area contributed by atoms with Crippen LogP contribution in [-0.2, 0) is 11.3 Å². The van der Waals surface area contributed by atoms with Gasteiger partial charge in [-0.25, -0.2) is 4.39 Å². The molecule has 0 aliphatic heterocycles. The minimum atomic E-state index is -0.261. The topological polar surface area (TPSA) is 23.6 Å². The smallest absolute Gasteiger partial charge is 0.237 e. The van der Waals surface area contributed by atoms with Crippen LogP contribution in [0.15, 0.2) is 41.8 Å². The molecule has 1 amide bonds. The lowest BCUT2D eigenvalue weighted by molar-refractivity contribution is -0.133. The first-order chi connectivity index (χ1) is 11.0. The maximum absolute atomic E-state index is 13.0. The Bertz CT molecular complexity index is 612. The first kappa shape index (κ1) is 17.6. The van der Waals surface area contributed by atoms with E-state index in [0.29, 0.717) is 6.54 Å². The molecule has 1 aromatic heterocycles. The molecule has 0 N–H and O–H groups in total. The Hall–Kier alpha value is -1.72. The van der Waals surface area contributed by atoms with Crippen molar-refractivity contribution in [1.82, 2.24) is 9.80 Å². The Labute approximate surface area is 141 Å². The van der Waals surface area contributed by atoms with Crippen molar-refractivity contribution >= 4 is 17.2 Å². The summed E-state index contributed by atoms with van der Waals surface area (Å²) in [6, 6.07) is 10.4. The number of amides is 1. The summed E-state index contributed by atoms with van der Waals surface area (Å²) in [7, 11) is 1.80. The maximum Gasteiger partial charge on any atom is 0.237 e. The number of nitrogens with zero attached hydrogens (tertiary/aromatic N) is 2. The van der Waals surface area contributed by atoms with E-state index in [1.807, 2.05) is 18.4 Å². The summed E-state index contributed by atoms with van der Waals surface area (Å²) < 4.78 is 13.0. The summed E-state index contributed by atoms with van der Waals surface area (Å²) in [6.45, 7) is 6.02. The monoisotopic (exact) mass is 334 g/mol. The number of carbonyl (C=O) groups is 1. The Kier molecular flexibility index (Phi) is 6.30. The largest absolute Gasteiger partial charge is 0.338 e. The predicted octanol–water partition coefficient (Wildman–Crippen LogP) is 3.93. The number of rotatable bonds is 7. The highest BCUT2D eigenvalue weighted by Crippen LogP contribution is 2.19. The molecule has 1 atom stereocenters. The van der Waals surface area contributed by atoms with Gasteiger partial charge in [0.15, 0.2) is 0 Å². The highest BCUT2D eigenvalue weighted by atomic mass is 32.1. The van der Waals surface area contributed by atoms with E-state index < -0.39 is 0 Å². The second-order valence-corrected chi connectivity index (χ2v) is 6.65. The van der Waals surface area contributed by atoms with Crippen LogP contribution in [-0.4, -0.2) is 35.8 Å². The van der Waals surface area contributed by atoms with Gasteiger partial charge >= 0.3 is 0 Å². The van der Waals surface area contributed by atoms with Crippen molar-refractivity contribution in [3.05, 3.63) is 58.0 Å². The summed E-state index contributed by atoms with van der Waals surface area (Å²) in [4.78, 5) is 17.6. The molecule has 1 heterocycles. The first-order valence-corrected chi connectivity index (χ1v) is 8.65. The molecule has 1 aromatic carbocycles. The minimum absolute atomic E-state index is 0.0697. The van der Waals surface area contributed by atoms with Crippen LogP contribution in [0.5, 0.6) is 0 Å². The zero-order chi connectivity index (χ0) is 16.8. The van der Waals surface area contributed by atoms with Crippen LogP contribution < -0.4 is 0 Å². The summed E-state index contributed by atoms with van der Waals surface area (Å²) in [5.41, 5.74) is 0.934. The average molecular weight is 334 g/mol. The third-order valence-corrected chi connectivity index (χ3v) is 4.95. The molecule has 2 rings (SSSR count). The highest BCUT2D eigenvalue weighted by Gasteiger charge is 2.19. The quantitative estimate of drug-likeness (QED) is 0.766. The van der Waals surface area contributed by atoms with Gasteiger partial charge in [-0.3, -0.25) is 9.69 Å². The van der Waals surface area contributed by atoms with E-state index in [0.717, 1.165) is 18.7 Å². The fourth-order valence-corrected chi connectivity index (χ4v) is 3.13. The van der Waals surface area contributed by atoms with Crippen molar-refractivity contribution in [2.24, 2.45) is 0 Å². The predicted molar refractivity (Wildman–Crippen MR) is 92.9 cm³/mol. The first-order valence-electron chi connectivity index (χ1n) is 7.77. The van der Waals surface area contributed by atoms with E-state index in [1.165, 1.54) is 17.0 Å². The van der Waals surface area contributed by atoms with E-state index in [1.54, 1.807) is 35.4 Å².